The lowest BCUT2D eigenvalue weighted by Crippen LogP contribution is -2.48. The Bertz CT molecular complexity index is 2310. The van der Waals surface area contributed by atoms with Crippen LogP contribution in [0.1, 0.15) is 272 Å². The summed E-state index contributed by atoms with van der Waals surface area (Å²) >= 11 is 0. The van der Waals surface area contributed by atoms with Gasteiger partial charge in [0.25, 0.3) is 0 Å². The van der Waals surface area contributed by atoms with Crippen molar-refractivity contribution in [2.75, 3.05) is 13.1 Å². The van der Waals surface area contributed by atoms with Gasteiger partial charge in [0.1, 0.15) is 23.0 Å². The van der Waals surface area contributed by atoms with E-state index in [-0.39, 0.29) is 67.2 Å². The van der Waals surface area contributed by atoms with Crippen molar-refractivity contribution in [1.29, 1.82) is 0 Å². The van der Waals surface area contributed by atoms with Crippen LogP contribution in [0.5, 0.6) is 23.0 Å². The number of benzene rings is 4. The van der Waals surface area contributed by atoms with Crippen molar-refractivity contribution >= 4 is 11.8 Å². The molecule has 0 bridgehead atoms. The zero-order valence-corrected chi connectivity index (χ0v) is 55.3. The van der Waals surface area contributed by atoms with Gasteiger partial charge in [0.2, 0.25) is 11.8 Å². The Morgan fingerprint density at radius 2 is 0.450 bits per heavy atom. The van der Waals surface area contributed by atoms with E-state index in [1.54, 1.807) is 13.8 Å². The molecule has 4 aromatic rings. The van der Waals surface area contributed by atoms with Crippen LogP contribution in [0.25, 0.3) is 0 Å². The van der Waals surface area contributed by atoms with Gasteiger partial charge in [-0.25, -0.2) is 0 Å². The summed E-state index contributed by atoms with van der Waals surface area (Å²) in [7, 11) is 0. The molecule has 80 heavy (non-hydrogen) atoms. The molecule has 2 amide bonds. The third kappa shape index (κ3) is 17.3. The summed E-state index contributed by atoms with van der Waals surface area (Å²) < 4.78 is 0. The van der Waals surface area contributed by atoms with Gasteiger partial charge in [-0.05, 0) is 161 Å². The first-order valence-corrected chi connectivity index (χ1v) is 30.1. The van der Waals surface area contributed by atoms with Crippen LogP contribution in [0.3, 0.4) is 0 Å². The minimum Gasteiger partial charge on any atom is -0.507 e. The largest absolute Gasteiger partial charge is 0.507 e. The van der Waals surface area contributed by atoms with Crippen LogP contribution >= 0.6 is 0 Å². The fraction of sp³-hybridized carbons (Fsp3) is 0.639. The lowest BCUT2D eigenvalue weighted by atomic mass is 9.77. The summed E-state index contributed by atoms with van der Waals surface area (Å²) in [6.07, 6.45) is 5.36. The number of nitrogens with zero attached hydrogens (tertiary/aromatic N) is 2. The zero-order valence-electron chi connectivity index (χ0n) is 55.3. The van der Waals surface area contributed by atoms with Crippen molar-refractivity contribution in [2.45, 2.75) is 287 Å². The summed E-state index contributed by atoms with van der Waals surface area (Å²) in [5, 5.41) is 46.8. The van der Waals surface area contributed by atoms with Gasteiger partial charge in [-0.1, -0.05) is 215 Å². The highest BCUT2D eigenvalue weighted by Gasteiger charge is 2.33. The molecule has 0 fully saturated rings. The maximum Gasteiger partial charge on any atom is 0.219 e. The van der Waals surface area contributed by atoms with E-state index in [1.807, 2.05) is 9.80 Å². The second-order valence-corrected chi connectivity index (χ2v) is 32.0. The van der Waals surface area contributed by atoms with Crippen LogP contribution in [0.4, 0.5) is 0 Å². The van der Waals surface area contributed by atoms with E-state index >= 15 is 0 Å². The molecule has 0 atom stereocenters. The number of amides is 2. The van der Waals surface area contributed by atoms with Crippen molar-refractivity contribution in [2.24, 2.45) is 0 Å². The van der Waals surface area contributed by atoms with Crippen LogP contribution in [-0.4, -0.2) is 67.2 Å². The Balaban J connectivity index is 1.90. The number of phenolic OH excluding ortho intramolecular Hbond substituents is 4. The van der Waals surface area contributed by atoms with Crippen molar-refractivity contribution in [3.63, 3.8) is 0 Å². The summed E-state index contributed by atoms with van der Waals surface area (Å²) in [4.78, 5) is 32.9. The molecular weight excluding hydrogens is 989 g/mol. The second-order valence-electron chi connectivity index (χ2n) is 32.0. The van der Waals surface area contributed by atoms with Crippen molar-refractivity contribution in [3.05, 3.63) is 115 Å². The van der Waals surface area contributed by atoms with Crippen LogP contribution in [0.2, 0.25) is 0 Å². The minimum atomic E-state index is -0.302. The standard InChI is InChI=1S/C72H112N2O6/c1-45(75)73(51(31-27-47-37-53(65(3,4)5)61(77)54(38-47)66(6,7)8)32-28-48-39-55(67(9,10)11)62(78)56(40-48)68(12,13)14)35-36-74(46(2)76)52(33-29-49-41-57(69(15,16)17)63(79)58(42-49)70(18,19)20)34-30-50-43-59(71(21,22)23)64(80)60(44-50)72(24,25)26/h37-44,51-52,77-80H,27-36H2,1-26H3. The smallest absolute Gasteiger partial charge is 0.219 e. The maximum atomic E-state index is 14.4. The van der Waals surface area contributed by atoms with E-state index in [9.17, 15) is 30.0 Å². The van der Waals surface area contributed by atoms with Gasteiger partial charge in [0, 0.05) is 39.0 Å². The minimum absolute atomic E-state index is 0.0509. The normalized spacial score (nSPS) is 13.4. The van der Waals surface area contributed by atoms with Crippen LogP contribution < -0.4 is 0 Å². The molecular formula is C72H112N2O6. The third-order valence-corrected chi connectivity index (χ3v) is 16.5. The predicted octanol–water partition coefficient (Wildman–Crippen LogP) is 17.2. The molecule has 8 heteroatoms. The monoisotopic (exact) mass is 1100 g/mol. The van der Waals surface area contributed by atoms with E-state index < -0.39 is 0 Å². The molecule has 4 aromatic carbocycles. The molecule has 446 valence electrons. The van der Waals surface area contributed by atoms with Gasteiger partial charge in [-0.3, -0.25) is 9.59 Å². The average Bonchev–Trinajstić information content (AvgIpc) is 3.26. The number of aromatic hydroxyl groups is 4. The first kappa shape index (κ1) is 67.5. The molecule has 0 heterocycles. The van der Waals surface area contributed by atoms with E-state index in [4.69, 9.17) is 0 Å². The first-order chi connectivity index (χ1) is 36.0. The maximum absolute atomic E-state index is 14.4. The van der Waals surface area contributed by atoms with Gasteiger partial charge in [-0.15, -0.1) is 0 Å². The lowest BCUT2D eigenvalue weighted by Gasteiger charge is -2.37. The third-order valence-electron chi connectivity index (χ3n) is 16.5. The second kappa shape index (κ2) is 24.5. The Morgan fingerprint density at radius 3 is 0.562 bits per heavy atom. The van der Waals surface area contributed by atoms with Crippen LogP contribution in [0, 0.1) is 0 Å². The fourth-order valence-electron chi connectivity index (χ4n) is 11.6. The molecule has 0 aliphatic rings. The summed E-state index contributed by atoms with van der Waals surface area (Å²) in [6.45, 7) is 55.2. The molecule has 0 spiro atoms. The number of carbonyl (C=O) groups excluding carboxylic acids is 2. The van der Waals surface area contributed by atoms with Gasteiger partial charge in [0.05, 0.1) is 0 Å². The average molecular weight is 1100 g/mol. The summed E-state index contributed by atoms with van der Waals surface area (Å²) in [5.41, 5.74) is 9.30. The lowest BCUT2D eigenvalue weighted by molar-refractivity contribution is -0.136. The molecule has 0 unspecified atom stereocenters. The van der Waals surface area contributed by atoms with E-state index in [2.05, 4.69) is 215 Å². The molecule has 0 aliphatic heterocycles. The van der Waals surface area contributed by atoms with Gasteiger partial charge >= 0.3 is 0 Å². The van der Waals surface area contributed by atoms with E-state index in [0.717, 1.165) is 66.8 Å². The molecule has 0 radical (unpaired) electrons. The molecule has 0 aromatic heterocycles. The summed E-state index contributed by atoms with van der Waals surface area (Å²) in [5.74, 6) is 1.27. The number of carbonyl (C=O) groups is 2. The van der Waals surface area contributed by atoms with Crippen molar-refractivity contribution in [3.8, 4) is 23.0 Å². The Morgan fingerprint density at radius 1 is 0.312 bits per heavy atom. The summed E-state index contributed by atoms with van der Waals surface area (Å²) in [6, 6.07) is 16.8. The predicted molar refractivity (Wildman–Crippen MR) is 338 cm³/mol. The quantitative estimate of drug-likeness (QED) is 0.0836. The molecule has 4 N–H and O–H groups in total. The molecule has 8 nitrogen and oxygen atoms in total. The SMILES string of the molecule is CC(=O)N(CCN(C(C)=O)C(CCc1cc(C(C)(C)C)c(O)c(C(C)(C)C)c1)CCc1cc(C(C)(C)C)c(O)c(C(C)(C)C)c1)C(CCc1cc(C(C)(C)C)c(O)c(C(C)(C)C)c1)CCc1cc(C(C)(C)C)c(O)c(C(C)(C)C)c1. The number of rotatable bonds is 17. The zero-order chi connectivity index (χ0) is 61.4. The molecule has 0 saturated heterocycles. The number of aryl methyl sites for hydroxylation is 4. The van der Waals surface area contributed by atoms with Crippen molar-refractivity contribution < 1.29 is 30.0 Å². The fourth-order valence-corrected chi connectivity index (χ4v) is 11.6. The van der Waals surface area contributed by atoms with E-state index in [1.165, 1.54) is 0 Å². The Labute approximate surface area is 487 Å². The number of phenols is 4. The van der Waals surface area contributed by atoms with Gasteiger partial charge in [0.15, 0.2) is 0 Å². The molecule has 0 aliphatic carbocycles. The highest BCUT2D eigenvalue weighted by molar-refractivity contribution is 5.75. The van der Waals surface area contributed by atoms with Crippen LogP contribution in [0.15, 0.2) is 48.5 Å². The van der Waals surface area contributed by atoms with Gasteiger partial charge < -0.3 is 30.2 Å². The Kier molecular flexibility index (Phi) is 20.6. The van der Waals surface area contributed by atoms with Crippen LogP contribution in [-0.2, 0) is 78.6 Å². The number of hydrogen-bond acceptors (Lipinski definition) is 6. The molecule has 0 saturated carbocycles. The number of hydrogen-bond donors (Lipinski definition) is 4. The van der Waals surface area contributed by atoms with Crippen molar-refractivity contribution in [1.82, 2.24) is 9.80 Å². The highest BCUT2D eigenvalue weighted by Crippen LogP contribution is 2.45. The molecule has 4 rings (SSSR count). The topological polar surface area (TPSA) is 122 Å². The highest BCUT2D eigenvalue weighted by atomic mass is 16.3. The van der Waals surface area contributed by atoms with E-state index in [0.29, 0.717) is 87.5 Å². The van der Waals surface area contributed by atoms with Gasteiger partial charge in [-0.2, -0.15) is 0 Å². The first-order valence-electron chi connectivity index (χ1n) is 30.1. The Hall–Kier alpha value is -4.98.